The van der Waals surface area contributed by atoms with Gasteiger partial charge in [0.25, 0.3) is 0 Å². The zero-order valence-corrected chi connectivity index (χ0v) is 9.16. The Kier molecular flexibility index (Phi) is 2.49. The molecule has 70 valence electrons. The Balaban J connectivity index is 2.21. The van der Waals surface area contributed by atoms with Crippen molar-refractivity contribution in [1.82, 2.24) is 9.97 Å². The molecule has 0 aromatic carbocycles. The molecule has 1 aromatic heterocycles. The Morgan fingerprint density at radius 3 is 3.08 bits per heavy atom. The van der Waals surface area contributed by atoms with Gasteiger partial charge in [-0.15, -0.1) is 0 Å². The predicted molar refractivity (Wildman–Crippen MR) is 55.7 cm³/mol. The quantitative estimate of drug-likeness (QED) is 0.755. The average Bonchev–Trinajstić information content (AvgIpc) is 2.53. The highest BCUT2D eigenvalue weighted by atomic mass is 79.9. The molecule has 3 nitrogen and oxygen atoms in total. The standard InChI is InChI=1S/C9H12BrN3/c1-7-2-3-13(5-7)9-8(10)4-11-6-12-9/h4,6-7H,2-3,5H2,1H3. The monoisotopic (exact) mass is 241 g/mol. The summed E-state index contributed by atoms with van der Waals surface area (Å²) >= 11 is 3.46. The third kappa shape index (κ3) is 1.82. The lowest BCUT2D eigenvalue weighted by atomic mass is 10.2. The van der Waals surface area contributed by atoms with Gasteiger partial charge in [-0.05, 0) is 28.3 Å². The topological polar surface area (TPSA) is 29.0 Å². The van der Waals surface area contributed by atoms with Crippen molar-refractivity contribution in [2.75, 3.05) is 18.0 Å². The Labute approximate surface area is 86.3 Å². The zero-order valence-electron chi connectivity index (χ0n) is 7.57. The van der Waals surface area contributed by atoms with Crippen molar-refractivity contribution in [3.05, 3.63) is 17.0 Å². The fourth-order valence-corrected chi connectivity index (χ4v) is 2.14. The summed E-state index contributed by atoms with van der Waals surface area (Å²) in [6.07, 6.45) is 4.66. The van der Waals surface area contributed by atoms with Crippen LogP contribution in [0.4, 0.5) is 5.82 Å². The van der Waals surface area contributed by atoms with E-state index < -0.39 is 0 Å². The highest BCUT2D eigenvalue weighted by Crippen LogP contribution is 2.27. The molecule has 1 saturated heterocycles. The van der Waals surface area contributed by atoms with E-state index in [-0.39, 0.29) is 0 Å². The van der Waals surface area contributed by atoms with Gasteiger partial charge in [-0.2, -0.15) is 0 Å². The summed E-state index contributed by atoms with van der Waals surface area (Å²) < 4.78 is 0.990. The minimum atomic E-state index is 0.780. The van der Waals surface area contributed by atoms with Gasteiger partial charge in [0.05, 0.1) is 4.47 Å². The van der Waals surface area contributed by atoms with Crippen molar-refractivity contribution in [3.63, 3.8) is 0 Å². The molecule has 0 spiro atoms. The summed E-state index contributed by atoms with van der Waals surface area (Å²) in [4.78, 5) is 10.5. The van der Waals surface area contributed by atoms with Crippen LogP contribution in [0.2, 0.25) is 0 Å². The maximum atomic E-state index is 4.26. The molecule has 1 aromatic rings. The predicted octanol–water partition coefficient (Wildman–Crippen LogP) is 2.09. The van der Waals surface area contributed by atoms with E-state index in [0.29, 0.717) is 0 Å². The van der Waals surface area contributed by atoms with Crippen LogP contribution < -0.4 is 4.90 Å². The number of aromatic nitrogens is 2. The second-order valence-electron chi connectivity index (χ2n) is 3.53. The maximum Gasteiger partial charge on any atom is 0.146 e. The summed E-state index contributed by atoms with van der Waals surface area (Å²) in [6.45, 7) is 4.49. The molecule has 1 aliphatic rings. The molecule has 1 fully saturated rings. The van der Waals surface area contributed by atoms with E-state index >= 15 is 0 Å². The van der Waals surface area contributed by atoms with E-state index in [1.165, 1.54) is 6.42 Å². The zero-order chi connectivity index (χ0) is 9.26. The number of halogens is 1. The first-order chi connectivity index (χ1) is 6.27. The summed E-state index contributed by atoms with van der Waals surface area (Å²) in [6, 6.07) is 0. The van der Waals surface area contributed by atoms with Crippen LogP contribution in [0.25, 0.3) is 0 Å². The normalized spacial score (nSPS) is 22.3. The van der Waals surface area contributed by atoms with Gasteiger partial charge >= 0.3 is 0 Å². The third-order valence-electron chi connectivity index (χ3n) is 2.37. The van der Waals surface area contributed by atoms with Gasteiger partial charge in [0, 0.05) is 19.3 Å². The van der Waals surface area contributed by atoms with Crippen molar-refractivity contribution >= 4 is 21.7 Å². The van der Waals surface area contributed by atoms with Crippen LogP contribution in [0.15, 0.2) is 17.0 Å². The molecule has 1 unspecified atom stereocenters. The van der Waals surface area contributed by atoms with Gasteiger partial charge < -0.3 is 4.90 Å². The summed E-state index contributed by atoms with van der Waals surface area (Å²) in [5, 5.41) is 0. The van der Waals surface area contributed by atoms with Crippen LogP contribution in [-0.4, -0.2) is 23.1 Å². The number of anilines is 1. The second kappa shape index (κ2) is 3.62. The first-order valence-corrected chi connectivity index (χ1v) is 5.27. The lowest BCUT2D eigenvalue weighted by Crippen LogP contribution is -2.20. The molecule has 0 aliphatic carbocycles. The van der Waals surface area contributed by atoms with E-state index in [1.807, 2.05) is 0 Å². The number of rotatable bonds is 1. The van der Waals surface area contributed by atoms with E-state index in [1.54, 1.807) is 12.5 Å². The molecule has 2 heterocycles. The maximum absolute atomic E-state index is 4.26. The van der Waals surface area contributed by atoms with Crippen molar-refractivity contribution in [3.8, 4) is 0 Å². The molecular weight excluding hydrogens is 230 g/mol. The van der Waals surface area contributed by atoms with Crippen LogP contribution in [-0.2, 0) is 0 Å². The van der Waals surface area contributed by atoms with Gasteiger partial charge in [-0.25, -0.2) is 9.97 Å². The number of hydrogen-bond acceptors (Lipinski definition) is 3. The molecule has 1 atom stereocenters. The van der Waals surface area contributed by atoms with E-state index in [2.05, 4.69) is 37.7 Å². The SMILES string of the molecule is CC1CCN(c2ncncc2Br)C1. The molecular formula is C9H12BrN3. The van der Waals surface area contributed by atoms with Crippen molar-refractivity contribution in [1.29, 1.82) is 0 Å². The molecule has 0 radical (unpaired) electrons. The molecule has 0 saturated carbocycles. The molecule has 1 aliphatic heterocycles. The van der Waals surface area contributed by atoms with Crippen molar-refractivity contribution < 1.29 is 0 Å². The molecule has 0 bridgehead atoms. The van der Waals surface area contributed by atoms with E-state index in [0.717, 1.165) is 29.3 Å². The lowest BCUT2D eigenvalue weighted by molar-refractivity contribution is 0.658. The Morgan fingerprint density at radius 2 is 2.46 bits per heavy atom. The van der Waals surface area contributed by atoms with Crippen LogP contribution in [0, 0.1) is 5.92 Å². The minimum absolute atomic E-state index is 0.780. The Hall–Kier alpha value is -0.640. The van der Waals surface area contributed by atoms with E-state index in [4.69, 9.17) is 0 Å². The van der Waals surface area contributed by atoms with Crippen LogP contribution in [0.5, 0.6) is 0 Å². The van der Waals surface area contributed by atoms with Crippen molar-refractivity contribution in [2.24, 2.45) is 5.92 Å². The van der Waals surface area contributed by atoms with Crippen LogP contribution >= 0.6 is 15.9 Å². The minimum Gasteiger partial charge on any atom is -0.355 e. The molecule has 2 rings (SSSR count). The fraction of sp³-hybridized carbons (Fsp3) is 0.556. The van der Waals surface area contributed by atoms with Gasteiger partial charge in [0.2, 0.25) is 0 Å². The average molecular weight is 242 g/mol. The summed E-state index contributed by atoms with van der Waals surface area (Å²) in [5.74, 6) is 1.81. The first kappa shape index (κ1) is 8.94. The Morgan fingerprint density at radius 1 is 1.62 bits per heavy atom. The van der Waals surface area contributed by atoms with Gasteiger partial charge in [-0.1, -0.05) is 6.92 Å². The van der Waals surface area contributed by atoms with Gasteiger partial charge in [0.15, 0.2) is 0 Å². The molecule has 0 N–H and O–H groups in total. The van der Waals surface area contributed by atoms with Gasteiger partial charge in [-0.3, -0.25) is 0 Å². The lowest BCUT2D eigenvalue weighted by Gasteiger charge is -2.17. The van der Waals surface area contributed by atoms with E-state index in [9.17, 15) is 0 Å². The van der Waals surface area contributed by atoms with Crippen LogP contribution in [0.1, 0.15) is 13.3 Å². The largest absolute Gasteiger partial charge is 0.355 e. The van der Waals surface area contributed by atoms with Crippen LogP contribution in [0.3, 0.4) is 0 Å². The Bertz CT molecular complexity index is 303. The molecule has 13 heavy (non-hydrogen) atoms. The highest BCUT2D eigenvalue weighted by molar-refractivity contribution is 9.10. The summed E-state index contributed by atoms with van der Waals surface area (Å²) in [5.41, 5.74) is 0. The summed E-state index contributed by atoms with van der Waals surface area (Å²) in [7, 11) is 0. The number of nitrogens with zero attached hydrogens (tertiary/aromatic N) is 3. The van der Waals surface area contributed by atoms with Crippen molar-refractivity contribution in [2.45, 2.75) is 13.3 Å². The highest BCUT2D eigenvalue weighted by Gasteiger charge is 2.21. The third-order valence-corrected chi connectivity index (χ3v) is 2.93. The first-order valence-electron chi connectivity index (χ1n) is 4.48. The van der Waals surface area contributed by atoms with Gasteiger partial charge in [0.1, 0.15) is 12.1 Å². The number of hydrogen-bond donors (Lipinski definition) is 0. The second-order valence-corrected chi connectivity index (χ2v) is 4.39. The molecule has 4 heteroatoms. The molecule has 0 amide bonds. The smallest absolute Gasteiger partial charge is 0.146 e. The fourth-order valence-electron chi connectivity index (χ4n) is 1.67.